The Morgan fingerprint density at radius 2 is 2.04 bits per heavy atom. The molecule has 0 bridgehead atoms. The minimum absolute atomic E-state index is 0.151. The van der Waals surface area contributed by atoms with E-state index in [1.54, 1.807) is 35.3 Å². The van der Waals surface area contributed by atoms with Gasteiger partial charge >= 0.3 is 0 Å². The molecule has 0 aliphatic rings. The second kappa shape index (κ2) is 7.73. The van der Waals surface area contributed by atoms with Crippen LogP contribution in [0.25, 0.3) is 10.9 Å². The molecule has 1 N–H and O–H groups in total. The third-order valence-electron chi connectivity index (χ3n) is 4.06. The number of hydrogen-bond donors (Lipinski definition) is 1. The van der Waals surface area contributed by atoms with E-state index in [1.165, 1.54) is 10.9 Å². The first-order chi connectivity index (χ1) is 13.6. The van der Waals surface area contributed by atoms with E-state index in [0.29, 0.717) is 23.3 Å². The van der Waals surface area contributed by atoms with Crippen molar-refractivity contribution >= 4 is 38.6 Å². The Labute approximate surface area is 168 Å². The smallest absolute Gasteiger partial charge is 0.261 e. The van der Waals surface area contributed by atoms with E-state index in [1.807, 2.05) is 24.3 Å². The minimum atomic E-state index is -0.360. The molecule has 0 aliphatic carbocycles. The molecule has 0 unspecified atom stereocenters. The number of nitrogens with one attached hydrogen (secondary N) is 1. The Morgan fingerprint density at radius 1 is 1.14 bits per heavy atom. The Hall–Kier alpha value is -3.33. The van der Waals surface area contributed by atoms with Gasteiger partial charge in [0, 0.05) is 22.9 Å². The van der Waals surface area contributed by atoms with Gasteiger partial charge in [0.1, 0.15) is 6.54 Å². The van der Waals surface area contributed by atoms with Crippen LogP contribution >= 0.6 is 15.9 Å². The summed E-state index contributed by atoms with van der Waals surface area (Å²) in [6.45, 7) is 0.348. The predicted molar refractivity (Wildman–Crippen MR) is 108 cm³/mol. The molecule has 9 heteroatoms. The van der Waals surface area contributed by atoms with Crippen LogP contribution in [-0.4, -0.2) is 30.2 Å². The summed E-state index contributed by atoms with van der Waals surface area (Å²) >= 11 is 3.34. The molecular formula is C19H15BrN6O2. The second-order valence-corrected chi connectivity index (χ2v) is 7.02. The number of fused-ring (bicyclic) bond motifs is 1. The van der Waals surface area contributed by atoms with Crippen LogP contribution in [-0.2, 0) is 17.9 Å². The first-order valence-corrected chi connectivity index (χ1v) is 9.26. The number of hydrogen-bond acceptors (Lipinski definition) is 5. The Kier molecular flexibility index (Phi) is 4.98. The lowest BCUT2D eigenvalue weighted by molar-refractivity contribution is -0.116. The summed E-state index contributed by atoms with van der Waals surface area (Å²) in [5, 5.41) is 7.45. The third kappa shape index (κ3) is 3.99. The zero-order valence-electron chi connectivity index (χ0n) is 14.6. The number of anilines is 1. The van der Waals surface area contributed by atoms with Gasteiger partial charge in [-0.2, -0.15) is 5.10 Å². The minimum Gasteiger partial charge on any atom is -0.308 e. The summed E-state index contributed by atoms with van der Waals surface area (Å²) in [4.78, 5) is 33.4. The molecule has 1 amide bonds. The molecule has 0 saturated carbocycles. The Morgan fingerprint density at radius 3 is 2.86 bits per heavy atom. The maximum absolute atomic E-state index is 12.6. The molecule has 0 fully saturated rings. The number of rotatable bonds is 5. The predicted octanol–water partition coefficient (Wildman–Crippen LogP) is 2.44. The van der Waals surface area contributed by atoms with Crippen LogP contribution in [0.15, 0.2) is 70.5 Å². The fourth-order valence-electron chi connectivity index (χ4n) is 2.75. The zero-order valence-corrected chi connectivity index (χ0v) is 16.2. The van der Waals surface area contributed by atoms with E-state index in [4.69, 9.17) is 0 Å². The second-order valence-electron chi connectivity index (χ2n) is 6.11. The van der Waals surface area contributed by atoms with E-state index < -0.39 is 0 Å². The van der Waals surface area contributed by atoms with Crippen molar-refractivity contribution in [2.75, 3.05) is 5.32 Å². The number of nitrogens with zero attached hydrogens (tertiary/aromatic N) is 5. The largest absolute Gasteiger partial charge is 0.308 e. The maximum Gasteiger partial charge on any atom is 0.261 e. The molecule has 3 heterocycles. The lowest BCUT2D eigenvalue weighted by Crippen LogP contribution is -2.28. The van der Waals surface area contributed by atoms with Crippen LogP contribution in [0.3, 0.4) is 0 Å². The van der Waals surface area contributed by atoms with Crippen molar-refractivity contribution in [3.8, 4) is 0 Å². The lowest BCUT2D eigenvalue weighted by atomic mass is 10.2. The van der Waals surface area contributed by atoms with Crippen LogP contribution in [0, 0.1) is 0 Å². The standard InChI is InChI=1S/C19H15BrN6O2/c20-13-4-5-16-15(9-13)19(28)25(12-22-16)11-18(27)23-17-6-8-26(24-17)10-14-3-1-2-7-21-14/h1-9,12H,10-11H2,(H,23,24,27). The molecule has 140 valence electrons. The van der Waals surface area contributed by atoms with Crippen molar-refractivity contribution in [3.63, 3.8) is 0 Å². The number of pyridine rings is 1. The van der Waals surface area contributed by atoms with Crippen molar-refractivity contribution in [1.82, 2.24) is 24.3 Å². The van der Waals surface area contributed by atoms with Crippen LogP contribution < -0.4 is 10.9 Å². The molecule has 0 spiro atoms. The lowest BCUT2D eigenvalue weighted by Gasteiger charge is -2.07. The summed E-state index contributed by atoms with van der Waals surface area (Å²) in [6.07, 6.45) is 4.85. The van der Waals surface area contributed by atoms with Gasteiger partial charge in [-0.15, -0.1) is 0 Å². The van der Waals surface area contributed by atoms with Gasteiger partial charge in [0.15, 0.2) is 5.82 Å². The van der Waals surface area contributed by atoms with Crippen molar-refractivity contribution in [2.45, 2.75) is 13.1 Å². The number of amides is 1. The molecule has 0 radical (unpaired) electrons. The van der Waals surface area contributed by atoms with Gasteiger partial charge in [-0.25, -0.2) is 4.98 Å². The van der Waals surface area contributed by atoms with Gasteiger partial charge in [-0.3, -0.25) is 23.8 Å². The van der Waals surface area contributed by atoms with Crippen molar-refractivity contribution in [3.05, 3.63) is 81.7 Å². The Bertz CT molecular complexity index is 1200. The van der Waals surface area contributed by atoms with Gasteiger partial charge in [0.05, 0.1) is 29.5 Å². The van der Waals surface area contributed by atoms with E-state index in [2.05, 4.69) is 36.3 Å². The maximum atomic E-state index is 12.6. The van der Waals surface area contributed by atoms with Crippen molar-refractivity contribution < 1.29 is 4.79 Å². The molecule has 1 aromatic carbocycles. The number of carbonyl (C=O) groups is 1. The monoisotopic (exact) mass is 438 g/mol. The van der Waals surface area contributed by atoms with E-state index in [-0.39, 0.29) is 18.0 Å². The SMILES string of the molecule is O=C(Cn1cnc2ccc(Br)cc2c1=O)Nc1ccn(Cc2ccccn2)n1. The van der Waals surface area contributed by atoms with Gasteiger partial charge in [0.2, 0.25) is 5.91 Å². The summed E-state index contributed by atoms with van der Waals surface area (Å²) in [5.41, 5.74) is 1.17. The highest BCUT2D eigenvalue weighted by Gasteiger charge is 2.10. The summed E-state index contributed by atoms with van der Waals surface area (Å²) in [6, 6.07) is 12.6. The van der Waals surface area contributed by atoms with Gasteiger partial charge in [-0.05, 0) is 30.3 Å². The number of halogens is 1. The Balaban J connectivity index is 1.46. The molecule has 0 aliphatic heterocycles. The van der Waals surface area contributed by atoms with Crippen molar-refractivity contribution in [2.24, 2.45) is 0 Å². The normalized spacial score (nSPS) is 10.9. The fraction of sp³-hybridized carbons (Fsp3) is 0.105. The molecule has 0 saturated heterocycles. The summed E-state index contributed by atoms with van der Waals surface area (Å²) in [5.74, 6) is 0.0480. The topological polar surface area (TPSA) is 94.7 Å². The third-order valence-corrected chi connectivity index (χ3v) is 4.55. The van der Waals surface area contributed by atoms with Gasteiger partial charge in [-0.1, -0.05) is 22.0 Å². The van der Waals surface area contributed by atoms with Crippen LogP contribution in [0.4, 0.5) is 5.82 Å². The average Bonchev–Trinajstić information content (AvgIpc) is 3.12. The van der Waals surface area contributed by atoms with Crippen molar-refractivity contribution in [1.29, 1.82) is 0 Å². The zero-order chi connectivity index (χ0) is 19.5. The van der Waals surface area contributed by atoms with Gasteiger partial charge in [0.25, 0.3) is 5.56 Å². The first-order valence-electron chi connectivity index (χ1n) is 8.46. The molecule has 28 heavy (non-hydrogen) atoms. The van der Waals surface area contributed by atoms with Crippen LogP contribution in [0.5, 0.6) is 0 Å². The molecular weight excluding hydrogens is 424 g/mol. The number of benzene rings is 1. The van der Waals surface area contributed by atoms with Gasteiger partial charge < -0.3 is 5.32 Å². The molecule has 4 rings (SSSR count). The molecule has 4 aromatic rings. The highest BCUT2D eigenvalue weighted by atomic mass is 79.9. The van der Waals surface area contributed by atoms with E-state index >= 15 is 0 Å². The first kappa shape index (κ1) is 18.1. The highest BCUT2D eigenvalue weighted by Crippen LogP contribution is 2.14. The number of aromatic nitrogens is 5. The summed E-state index contributed by atoms with van der Waals surface area (Å²) in [7, 11) is 0. The number of carbonyl (C=O) groups excluding carboxylic acids is 1. The quantitative estimate of drug-likeness (QED) is 0.516. The summed E-state index contributed by atoms with van der Waals surface area (Å²) < 4.78 is 3.73. The average molecular weight is 439 g/mol. The fourth-order valence-corrected chi connectivity index (χ4v) is 3.12. The molecule has 8 nitrogen and oxygen atoms in total. The molecule has 3 aromatic heterocycles. The van der Waals surface area contributed by atoms with Crippen LogP contribution in [0.2, 0.25) is 0 Å². The molecule has 0 atom stereocenters. The van der Waals surface area contributed by atoms with Crippen LogP contribution in [0.1, 0.15) is 5.69 Å². The van der Waals surface area contributed by atoms with E-state index in [0.717, 1.165) is 10.2 Å². The van der Waals surface area contributed by atoms with E-state index in [9.17, 15) is 9.59 Å². The highest BCUT2D eigenvalue weighted by molar-refractivity contribution is 9.10.